The summed E-state index contributed by atoms with van der Waals surface area (Å²) >= 11 is 6.47. The van der Waals surface area contributed by atoms with E-state index in [0.717, 1.165) is 4.47 Å². The molecule has 1 rings (SSSR count). The lowest BCUT2D eigenvalue weighted by atomic mass is 10.4. The topological polar surface area (TPSA) is 64.6 Å². The van der Waals surface area contributed by atoms with Crippen molar-refractivity contribution in [1.29, 1.82) is 0 Å². The van der Waals surface area contributed by atoms with Gasteiger partial charge in [-0.2, -0.15) is 0 Å². The molecule has 0 heterocycles. The Morgan fingerprint density at radius 3 is 2.39 bits per heavy atom. The fourth-order valence-electron chi connectivity index (χ4n) is 1.21. The summed E-state index contributed by atoms with van der Waals surface area (Å²) in [6.07, 6.45) is -0.617. The molecule has 0 aliphatic heterocycles. The van der Waals surface area contributed by atoms with Crippen LogP contribution in [0.2, 0.25) is 0 Å². The van der Waals surface area contributed by atoms with Gasteiger partial charge < -0.3 is 9.47 Å². The third-order valence-corrected chi connectivity index (χ3v) is 5.04. The van der Waals surface area contributed by atoms with Crippen LogP contribution < -0.4 is 4.72 Å². The predicted octanol–water partition coefficient (Wildman–Crippen LogP) is 2.11. The van der Waals surface area contributed by atoms with E-state index in [1.807, 2.05) is 0 Å². The van der Waals surface area contributed by atoms with E-state index in [1.165, 1.54) is 20.3 Å². The Labute approximate surface area is 123 Å². The smallest absolute Gasteiger partial charge is 0.241 e. The first-order chi connectivity index (χ1) is 8.40. The number of nitrogens with one attached hydrogen (secondary N) is 1. The van der Waals surface area contributed by atoms with Crippen LogP contribution in [0, 0.1) is 0 Å². The second kappa shape index (κ2) is 6.97. The molecule has 0 amide bonds. The molecule has 1 aromatic rings. The predicted molar refractivity (Wildman–Crippen MR) is 74.8 cm³/mol. The summed E-state index contributed by atoms with van der Waals surface area (Å²) < 4.78 is 37.6. The molecule has 0 radical (unpaired) electrons. The van der Waals surface area contributed by atoms with Crippen molar-refractivity contribution in [3.8, 4) is 0 Å². The van der Waals surface area contributed by atoms with Crippen LogP contribution in [0.3, 0.4) is 0 Å². The number of methoxy groups -OCH3 is 2. The molecule has 0 saturated carbocycles. The van der Waals surface area contributed by atoms with Crippen LogP contribution in [0.25, 0.3) is 0 Å². The van der Waals surface area contributed by atoms with Crippen LogP contribution in [-0.2, 0) is 19.5 Å². The van der Waals surface area contributed by atoms with Gasteiger partial charge in [0.2, 0.25) is 10.0 Å². The Hall–Kier alpha value is 0.01000. The molecule has 102 valence electrons. The van der Waals surface area contributed by atoms with E-state index in [4.69, 9.17) is 9.47 Å². The number of halogens is 2. The minimum Gasteiger partial charge on any atom is -0.355 e. The number of rotatable bonds is 6. The third-order valence-electron chi connectivity index (χ3n) is 2.15. The van der Waals surface area contributed by atoms with E-state index < -0.39 is 16.3 Å². The second-order valence-corrected chi connectivity index (χ2v) is 6.83. The number of hydrogen-bond acceptors (Lipinski definition) is 4. The molecule has 0 aliphatic rings. The maximum Gasteiger partial charge on any atom is 0.241 e. The highest BCUT2D eigenvalue weighted by atomic mass is 79.9. The Morgan fingerprint density at radius 1 is 1.28 bits per heavy atom. The van der Waals surface area contributed by atoms with Gasteiger partial charge in [-0.25, -0.2) is 13.1 Å². The van der Waals surface area contributed by atoms with Gasteiger partial charge in [0.05, 0.1) is 11.4 Å². The van der Waals surface area contributed by atoms with E-state index in [-0.39, 0.29) is 11.4 Å². The summed E-state index contributed by atoms with van der Waals surface area (Å²) in [5, 5.41) is 0. The van der Waals surface area contributed by atoms with Crippen molar-refractivity contribution < 1.29 is 17.9 Å². The van der Waals surface area contributed by atoms with Gasteiger partial charge in [-0.3, -0.25) is 0 Å². The standard InChI is InChI=1S/C10H13Br2NO4S/c1-16-10(17-2)6-13-18(14,15)9-4-3-7(11)5-8(9)12/h3-5,10,13H,6H2,1-2H3. The monoisotopic (exact) mass is 401 g/mol. The van der Waals surface area contributed by atoms with E-state index >= 15 is 0 Å². The highest BCUT2D eigenvalue weighted by Crippen LogP contribution is 2.25. The molecule has 1 aromatic carbocycles. The molecule has 0 atom stereocenters. The number of hydrogen-bond donors (Lipinski definition) is 1. The maximum absolute atomic E-state index is 12.0. The van der Waals surface area contributed by atoms with Gasteiger partial charge in [-0.1, -0.05) is 15.9 Å². The van der Waals surface area contributed by atoms with Gasteiger partial charge in [-0.15, -0.1) is 0 Å². The van der Waals surface area contributed by atoms with E-state index in [1.54, 1.807) is 12.1 Å². The molecule has 0 bridgehead atoms. The lowest BCUT2D eigenvalue weighted by Gasteiger charge is -2.14. The molecule has 0 fully saturated rings. The largest absolute Gasteiger partial charge is 0.355 e. The van der Waals surface area contributed by atoms with Gasteiger partial charge in [0.25, 0.3) is 0 Å². The van der Waals surface area contributed by atoms with Crippen molar-refractivity contribution in [3.05, 3.63) is 27.1 Å². The molecule has 0 aliphatic carbocycles. The lowest BCUT2D eigenvalue weighted by Crippen LogP contribution is -2.34. The van der Waals surface area contributed by atoms with Gasteiger partial charge in [0, 0.05) is 23.2 Å². The molecule has 8 heteroatoms. The molecule has 1 N–H and O–H groups in total. The molecule has 0 saturated heterocycles. The lowest BCUT2D eigenvalue weighted by molar-refractivity contribution is -0.0960. The third kappa shape index (κ3) is 4.29. The van der Waals surface area contributed by atoms with Crippen molar-refractivity contribution in [2.24, 2.45) is 0 Å². The Kier molecular flexibility index (Phi) is 6.22. The van der Waals surface area contributed by atoms with Crippen LogP contribution in [-0.4, -0.2) is 35.5 Å². The Balaban J connectivity index is 2.86. The zero-order valence-electron chi connectivity index (χ0n) is 9.81. The second-order valence-electron chi connectivity index (χ2n) is 3.33. The summed E-state index contributed by atoms with van der Waals surface area (Å²) in [6, 6.07) is 4.83. The Morgan fingerprint density at radius 2 is 1.89 bits per heavy atom. The molecule has 18 heavy (non-hydrogen) atoms. The van der Waals surface area contributed by atoms with Crippen LogP contribution in [0.15, 0.2) is 32.0 Å². The van der Waals surface area contributed by atoms with Crippen LogP contribution >= 0.6 is 31.9 Å². The molecular weight excluding hydrogens is 390 g/mol. The van der Waals surface area contributed by atoms with Gasteiger partial charge in [0.1, 0.15) is 0 Å². The molecule has 0 spiro atoms. The first-order valence-electron chi connectivity index (χ1n) is 4.91. The highest BCUT2D eigenvalue weighted by Gasteiger charge is 2.19. The van der Waals surface area contributed by atoms with Crippen LogP contribution in [0.5, 0.6) is 0 Å². The number of ether oxygens (including phenoxy) is 2. The van der Waals surface area contributed by atoms with Crippen molar-refractivity contribution in [3.63, 3.8) is 0 Å². The fraction of sp³-hybridized carbons (Fsp3) is 0.400. The summed E-state index contributed by atoms with van der Waals surface area (Å²) in [5.41, 5.74) is 0. The zero-order valence-corrected chi connectivity index (χ0v) is 13.8. The Bertz CT molecular complexity index is 503. The fourth-order valence-corrected chi connectivity index (χ4v) is 3.97. The van der Waals surface area contributed by atoms with Gasteiger partial charge in [0.15, 0.2) is 6.29 Å². The molecule has 0 aromatic heterocycles. The summed E-state index contributed by atoms with van der Waals surface area (Å²) in [5.74, 6) is 0. The molecular formula is C10H13Br2NO4S. The minimum absolute atomic E-state index is 0.0395. The summed E-state index contributed by atoms with van der Waals surface area (Å²) in [6.45, 7) is 0.0395. The quantitative estimate of drug-likeness (QED) is 0.740. The number of benzene rings is 1. The van der Waals surface area contributed by atoms with E-state index in [0.29, 0.717) is 4.47 Å². The first-order valence-corrected chi connectivity index (χ1v) is 7.98. The van der Waals surface area contributed by atoms with Crippen molar-refractivity contribution in [1.82, 2.24) is 4.72 Å². The van der Waals surface area contributed by atoms with Gasteiger partial charge >= 0.3 is 0 Å². The summed E-state index contributed by atoms with van der Waals surface area (Å²) in [7, 11) is -0.716. The minimum atomic E-state index is -3.60. The highest BCUT2D eigenvalue weighted by molar-refractivity contribution is 9.11. The number of sulfonamides is 1. The van der Waals surface area contributed by atoms with Crippen molar-refractivity contribution in [2.45, 2.75) is 11.2 Å². The van der Waals surface area contributed by atoms with E-state index in [9.17, 15) is 8.42 Å². The van der Waals surface area contributed by atoms with Gasteiger partial charge in [-0.05, 0) is 34.1 Å². The maximum atomic E-state index is 12.0. The summed E-state index contributed by atoms with van der Waals surface area (Å²) in [4.78, 5) is 0.164. The SMILES string of the molecule is COC(CNS(=O)(=O)c1ccc(Br)cc1Br)OC. The average molecular weight is 403 g/mol. The average Bonchev–Trinajstić information content (AvgIpc) is 2.29. The molecule has 0 unspecified atom stereocenters. The van der Waals surface area contributed by atoms with Crippen molar-refractivity contribution >= 4 is 41.9 Å². The van der Waals surface area contributed by atoms with Crippen molar-refractivity contribution in [2.75, 3.05) is 20.8 Å². The zero-order chi connectivity index (χ0) is 13.8. The van der Waals surface area contributed by atoms with Crippen LogP contribution in [0.1, 0.15) is 0 Å². The molecule has 5 nitrogen and oxygen atoms in total. The van der Waals surface area contributed by atoms with E-state index in [2.05, 4.69) is 36.6 Å². The van der Waals surface area contributed by atoms with Crippen LogP contribution in [0.4, 0.5) is 0 Å². The normalized spacial score (nSPS) is 12.1. The first kappa shape index (κ1) is 16.1.